The van der Waals surface area contributed by atoms with E-state index in [2.05, 4.69) is 17.4 Å². The number of piperidine rings is 1. The fraction of sp³-hybridized carbons (Fsp3) is 0.579. The van der Waals surface area contributed by atoms with Crippen molar-refractivity contribution >= 4 is 35.2 Å². The molecule has 0 spiro atoms. The summed E-state index contributed by atoms with van der Waals surface area (Å²) < 4.78 is 17.1. The third-order valence-electron chi connectivity index (χ3n) is 9.79. The number of amides is 4. The van der Waals surface area contributed by atoms with Crippen LogP contribution in [-0.4, -0.2) is 79.3 Å². The molecule has 11 nitrogen and oxygen atoms in total. The van der Waals surface area contributed by atoms with E-state index in [1.54, 1.807) is 46.6 Å². The van der Waals surface area contributed by atoms with Gasteiger partial charge in [0.05, 0.1) is 23.6 Å². The van der Waals surface area contributed by atoms with Crippen molar-refractivity contribution in [3.63, 3.8) is 0 Å². The van der Waals surface area contributed by atoms with Gasteiger partial charge in [0.1, 0.15) is 11.4 Å². The van der Waals surface area contributed by atoms with Gasteiger partial charge in [-0.05, 0) is 102 Å². The highest BCUT2D eigenvalue weighted by molar-refractivity contribution is 6.04. The van der Waals surface area contributed by atoms with Crippen molar-refractivity contribution < 1.29 is 33.4 Å². The number of hydrogen-bond acceptors (Lipinski definition) is 7. The average molecular weight is 675 g/mol. The Labute approximate surface area is 289 Å². The maximum atomic E-state index is 14.6. The molecule has 1 N–H and O–H groups in total. The third kappa shape index (κ3) is 7.56. The summed E-state index contributed by atoms with van der Waals surface area (Å²) in [5.74, 6) is -1.10. The van der Waals surface area contributed by atoms with Crippen molar-refractivity contribution in [1.29, 1.82) is 0 Å². The minimum absolute atomic E-state index is 0.0108. The van der Waals surface area contributed by atoms with Crippen molar-refractivity contribution in [2.45, 2.75) is 96.4 Å². The normalized spacial score (nSPS) is 22.9. The number of hydrogen-bond donors (Lipinski definition) is 1. The Bertz CT molecular complexity index is 1600. The first kappa shape index (κ1) is 34.7. The molecule has 11 heteroatoms. The molecular weight excluding hydrogens is 624 g/mol. The molecule has 6 rings (SSSR count). The van der Waals surface area contributed by atoms with E-state index in [1.807, 2.05) is 35.2 Å². The number of fused-ring (bicyclic) bond motifs is 2. The van der Waals surface area contributed by atoms with Gasteiger partial charge in [0.25, 0.3) is 5.91 Å². The van der Waals surface area contributed by atoms with Gasteiger partial charge in [-0.1, -0.05) is 24.3 Å². The average Bonchev–Trinajstić information content (AvgIpc) is 3.81. The number of nitrogens with one attached hydrogen (secondary N) is 1. The molecule has 2 fully saturated rings. The maximum absolute atomic E-state index is 14.6. The lowest BCUT2D eigenvalue weighted by molar-refractivity contribution is -0.133. The molecule has 2 aliphatic carbocycles. The van der Waals surface area contributed by atoms with Gasteiger partial charge in [0.2, 0.25) is 11.8 Å². The molecule has 0 radical (unpaired) electrons. The number of aryl methyl sites for hydroxylation is 1. The molecule has 264 valence electrons. The Morgan fingerprint density at radius 2 is 1.78 bits per heavy atom. The van der Waals surface area contributed by atoms with Gasteiger partial charge in [-0.3, -0.25) is 14.4 Å². The van der Waals surface area contributed by atoms with Crippen LogP contribution in [0.25, 0.3) is 0 Å². The number of methoxy groups -OCH3 is 1. The van der Waals surface area contributed by atoms with Crippen LogP contribution < -0.4 is 19.9 Å². The molecule has 1 saturated heterocycles. The largest absolute Gasteiger partial charge is 0.476 e. The standard InChI is InChI=1S/C38H50N4O7/c1-37(2,3)49-36(46)40-22-25(33(43)39-30-16-12-24-10-7-8-11-29(24)30)20-26(23-40)34(44)42(27-13-14-27)28-15-17-32-31(21-28)41(18-9-19-47-6)35(45)38(4,5)48-32/h7-8,10-11,15,17,21,25-27,30H,9,12-14,16,18-20,22-23H2,1-6H3,(H,39,43)/t25-,26+,30+/m0/s1. The first-order valence-electron chi connectivity index (χ1n) is 17.6. The summed E-state index contributed by atoms with van der Waals surface area (Å²) in [6.45, 7) is 10.2. The zero-order valence-electron chi connectivity index (χ0n) is 29.6. The molecule has 4 amide bonds. The van der Waals surface area contributed by atoms with E-state index < -0.39 is 29.1 Å². The highest BCUT2D eigenvalue weighted by atomic mass is 16.6. The lowest BCUT2D eigenvalue weighted by Gasteiger charge is -2.40. The van der Waals surface area contributed by atoms with Crippen LogP contribution in [-0.2, 0) is 30.3 Å². The monoisotopic (exact) mass is 674 g/mol. The van der Waals surface area contributed by atoms with Crippen molar-refractivity contribution in [1.82, 2.24) is 10.2 Å². The molecule has 0 unspecified atom stereocenters. The van der Waals surface area contributed by atoms with Crippen molar-refractivity contribution in [2.24, 2.45) is 11.8 Å². The van der Waals surface area contributed by atoms with E-state index in [9.17, 15) is 19.2 Å². The van der Waals surface area contributed by atoms with Crippen LogP contribution in [0.3, 0.4) is 0 Å². The number of carbonyl (C=O) groups excluding carboxylic acids is 4. The number of likely N-dealkylation sites (tertiary alicyclic amines) is 1. The maximum Gasteiger partial charge on any atom is 0.410 e. The molecule has 2 heterocycles. The Morgan fingerprint density at radius 1 is 1.04 bits per heavy atom. The Kier molecular flexibility index (Phi) is 9.68. The Balaban J connectivity index is 1.27. The first-order chi connectivity index (χ1) is 23.3. The number of carbonyl (C=O) groups is 4. The second-order valence-electron chi connectivity index (χ2n) is 15.3. The van der Waals surface area contributed by atoms with Gasteiger partial charge in [-0.15, -0.1) is 0 Å². The van der Waals surface area contributed by atoms with Crippen molar-refractivity contribution in [3.05, 3.63) is 53.6 Å². The number of ether oxygens (including phenoxy) is 3. The van der Waals surface area contributed by atoms with Crippen LogP contribution in [0.1, 0.15) is 83.9 Å². The summed E-state index contributed by atoms with van der Waals surface area (Å²) in [6, 6.07) is 13.6. The molecule has 2 aliphatic heterocycles. The van der Waals surface area contributed by atoms with Crippen molar-refractivity contribution in [2.75, 3.05) is 43.2 Å². The SMILES string of the molecule is COCCCN1C(=O)C(C)(C)Oc2ccc(N(C(=O)[C@@H]3C[C@H](C(=O)N[C@@H]4CCc5ccccc54)CN(C(=O)OC(C)(C)C)C3)C3CC3)cc21. The van der Waals surface area contributed by atoms with E-state index in [1.165, 1.54) is 10.5 Å². The molecule has 49 heavy (non-hydrogen) atoms. The summed E-state index contributed by atoms with van der Waals surface area (Å²) in [4.78, 5) is 60.5. The highest BCUT2D eigenvalue weighted by Crippen LogP contribution is 2.43. The van der Waals surface area contributed by atoms with E-state index >= 15 is 0 Å². The summed E-state index contributed by atoms with van der Waals surface area (Å²) >= 11 is 0. The number of rotatable bonds is 9. The minimum atomic E-state index is -1.03. The summed E-state index contributed by atoms with van der Waals surface area (Å²) in [5, 5.41) is 3.24. The van der Waals surface area contributed by atoms with E-state index in [0.717, 1.165) is 31.2 Å². The zero-order valence-corrected chi connectivity index (χ0v) is 29.6. The number of benzene rings is 2. The predicted octanol–water partition coefficient (Wildman–Crippen LogP) is 5.40. The topological polar surface area (TPSA) is 118 Å². The first-order valence-corrected chi connectivity index (χ1v) is 17.6. The molecule has 0 bridgehead atoms. The number of anilines is 2. The van der Waals surface area contributed by atoms with Gasteiger partial charge in [0.15, 0.2) is 5.60 Å². The zero-order chi connectivity index (χ0) is 35.1. The van der Waals surface area contributed by atoms with Crippen LogP contribution in [0.4, 0.5) is 16.2 Å². The van der Waals surface area contributed by atoms with Crippen molar-refractivity contribution in [3.8, 4) is 5.75 Å². The van der Waals surface area contributed by atoms with Crippen LogP contribution in [0.5, 0.6) is 5.75 Å². The summed E-state index contributed by atoms with van der Waals surface area (Å²) in [6.07, 6.45) is 3.82. The van der Waals surface area contributed by atoms with Crippen LogP contribution in [0.15, 0.2) is 42.5 Å². The Morgan fingerprint density at radius 3 is 2.49 bits per heavy atom. The molecule has 1 saturated carbocycles. The predicted molar refractivity (Wildman–Crippen MR) is 186 cm³/mol. The van der Waals surface area contributed by atoms with Gasteiger partial charge >= 0.3 is 6.09 Å². The lowest BCUT2D eigenvalue weighted by Crippen LogP contribution is -2.54. The van der Waals surface area contributed by atoms with Crippen LogP contribution >= 0.6 is 0 Å². The van der Waals surface area contributed by atoms with E-state index in [0.29, 0.717) is 43.1 Å². The van der Waals surface area contributed by atoms with Crippen LogP contribution in [0, 0.1) is 11.8 Å². The molecule has 2 aromatic rings. The second kappa shape index (κ2) is 13.7. The number of nitrogens with zero attached hydrogens (tertiary/aromatic N) is 3. The lowest BCUT2D eigenvalue weighted by atomic mass is 9.87. The fourth-order valence-electron chi connectivity index (χ4n) is 7.28. The van der Waals surface area contributed by atoms with Gasteiger partial charge in [-0.2, -0.15) is 0 Å². The molecule has 2 aromatic carbocycles. The smallest absolute Gasteiger partial charge is 0.410 e. The molecular formula is C38H50N4O7. The van der Waals surface area contributed by atoms with E-state index in [-0.39, 0.29) is 42.9 Å². The van der Waals surface area contributed by atoms with Gasteiger partial charge in [-0.25, -0.2) is 4.79 Å². The summed E-state index contributed by atoms with van der Waals surface area (Å²) in [7, 11) is 1.63. The third-order valence-corrected chi connectivity index (χ3v) is 9.79. The van der Waals surface area contributed by atoms with Gasteiger partial charge in [0, 0.05) is 45.1 Å². The molecule has 4 aliphatic rings. The quantitative estimate of drug-likeness (QED) is 0.354. The van der Waals surface area contributed by atoms with Crippen LogP contribution in [0.2, 0.25) is 0 Å². The Hall–Kier alpha value is -4.12. The molecule has 0 aromatic heterocycles. The van der Waals surface area contributed by atoms with Gasteiger partial charge < -0.3 is 34.2 Å². The highest BCUT2D eigenvalue weighted by Gasteiger charge is 2.45. The molecule has 3 atom stereocenters. The summed E-state index contributed by atoms with van der Waals surface area (Å²) in [5.41, 5.74) is 1.88. The van der Waals surface area contributed by atoms with E-state index in [4.69, 9.17) is 14.2 Å². The minimum Gasteiger partial charge on any atom is -0.476 e. The fourth-order valence-corrected chi connectivity index (χ4v) is 7.28. The second-order valence-corrected chi connectivity index (χ2v) is 15.3.